The zero-order valence-corrected chi connectivity index (χ0v) is 11.6. The molecule has 0 amide bonds. The lowest BCUT2D eigenvalue weighted by Crippen LogP contribution is -2.04. The van der Waals surface area contributed by atoms with E-state index in [-0.39, 0.29) is 12.4 Å². The summed E-state index contributed by atoms with van der Waals surface area (Å²) in [7, 11) is 1.33. The van der Waals surface area contributed by atoms with Crippen LogP contribution in [0.4, 0.5) is 10.1 Å². The van der Waals surface area contributed by atoms with Crippen LogP contribution in [-0.2, 0) is 11.3 Å². The van der Waals surface area contributed by atoms with Crippen LogP contribution in [0.2, 0.25) is 5.02 Å². The Morgan fingerprint density at radius 3 is 2.55 bits per heavy atom. The molecule has 0 heterocycles. The Morgan fingerprint density at radius 1 is 1.25 bits per heavy atom. The molecule has 0 bridgehead atoms. The van der Waals surface area contributed by atoms with E-state index in [1.54, 1.807) is 36.4 Å². The summed E-state index contributed by atoms with van der Waals surface area (Å²) in [4.78, 5) is 11.3. The minimum atomic E-state index is -0.395. The number of benzene rings is 2. The van der Waals surface area contributed by atoms with Crippen LogP contribution in [0.3, 0.4) is 0 Å². The van der Waals surface area contributed by atoms with Gasteiger partial charge in [0.05, 0.1) is 12.7 Å². The summed E-state index contributed by atoms with van der Waals surface area (Å²) >= 11 is 5.94. The lowest BCUT2D eigenvalue weighted by Gasteiger charge is -2.09. The lowest BCUT2D eigenvalue weighted by molar-refractivity contribution is 0.0601. The van der Waals surface area contributed by atoms with Crippen LogP contribution in [0.25, 0.3) is 0 Å². The van der Waals surface area contributed by atoms with Gasteiger partial charge < -0.3 is 10.1 Å². The fourth-order valence-electron chi connectivity index (χ4n) is 1.73. The second kappa shape index (κ2) is 6.39. The van der Waals surface area contributed by atoms with Crippen molar-refractivity contribution in [1.29, 1.82) is 0 Å². The third-order valence-electron chi connectivity index (χ3n) is 2.84. The van der Waals surface area contributed by atoms with Crippen molar-refractivity contribution >= 4 is 23.3 Å². The molecule has 5 heteroatoms. The Hall–Kier alpha value is -2.07. The topological polar surface area (TPSA) is 38.3 Å². The number of carbonyl (C=O) groups is 1. The Balaban J connectivity index is 2.06. The van der Waals surface area contributed by atoms with Gasteiger partial charge >= 0.3 is 5.97 Å². The van der Waals surface area contributed by atoms with Gasteiger partial charge in [-0.25, -0.2) is 9.18 Å². The smallest absolute Gasteiger partial charge is 0.337 e. The molecule has 0 aliphatic rings. The third-order valence-corrected chi connectivity index (χ3v) is 3.19. The average Bonchev–Trinajstić information content (AvgIpc) is 2.46. The Bertz CT molecular complexity index is 594. The number of hydrogen-bond donors (Lipinski definition) is 1. The number of nitrogens with one attached hydrogen (secondary N) is 1. The van der Waals surface area contributed by atoms with Gasteiger partial charge in [0.1, 0.15) is 5.82 Å². The maximum atomic E-state index is 13.6. The molecule has 2 aromatic carbocycles. The van der Waals surface area contributed by atoms with Crippen molar-refractivity contribution in [1.82, 2.24) is 0 Å². The summed E-state index contributed by atoms with van der Waals surface area (Å²) in [6, 6.07) is 11.3. The van der Waals surface area contributed by atoms with Crippen molar-refractivity contribution < 1.29 is 13.9 Å². The van der Waals surface area contributed by atoms with E-state index in [4.69, 9.17) is 11.6 Å². The van der Waals surface area contributed by atoms with Crippen molar-refractivity contribution in [3.8, 4) is 0 Å². The molecule has 0 aliphatic carbocycles. The Morgan fingerprint density at radius 2 is 1.95 bits per heavy atom. The average molecular weight is 294 g/mol. The molecule has 104 valence electrons. The van der Waals surface area contributed by atoms with Crippen LogP contribution in [0, 0.1) is 5.82 Å². The number of esters is 1. The van der Waals surface area contributed by atoms with Crippen molar-refractivity contribution in [3.05, 3.63) is 64.4 Å². The number of rotatable bonds is 4. The lowest BCUT2D eigenvalue weighted by atomic mass is 10.2. The summed E-state index contributed by atoms with van der Waals surface area (Å²) in [5, 5.41) is 3.43. The van der Waals surface area contributed by atoms with Crippen LogP contribution in [0.1, 0.15) is 15.9 Å². The van der Waals surface area contributed by atoms with E-state index < -0.39 is 5.97 Å². The van der Waals surface area contributed by atoms with E-state index in [9.17, 15) is 9.18 Å². The van der Waals surface area contributed by atoms with Gasteiger partial charge in [-0.05, 0) is 36.4 Å². The summed E-state index contributed by atoms with van der Waals surface area (Å²) in [6.45, 7) is 0.267. The molecule has 0 saturated heterocycles. The molecule has 2 aromatic rings. The van der Waals surface area contributed by atoms with E-state index in [0.717, 1.165) is 5.69 Å². The monoisotopic (exact) mass is 293 g/mol. The molecule has 0 radical (unpaired) electrons. The highest BCUT2D eigenvalue weighted by Crippen LogP contribution is 2.20. The molecule has 2 rings (SSSR count). The molecule has 3 nitrogen and oxygen atoms in total. The summed E-state index contributed by atoms with van der Waals surface area (Å²) in [6.07, 6.45) is 0. The van der Waals surface area contributed by atoms with Gasteiger partial charge in [-0.2, -0.15) is 0 Å². The number of halogens is 2. The molecule has 0 aromatic heterocycles. The van der Waals surface area contributed by atoms with Crippen LogP contribution in [-0.4, -0.2) is 13.1 Å². The fraction of sp³-hybridized carbons (Fsp3) is 0.133. The number of ether oxygens (including phenoxy) is 1. The van der Waals surface area contributed by atoms with E-state index in [1.165, 1.54) is 13.2 Å². The van der Waals surface area contributed by atoms with E-state index in [2.05, 4.69) is 10.1 Å². The van der Waals surface area contributed by atoms with Crippen molar-refractivity contribution in [2.45, 2.75) is 6.54 Å². The quantitative estimate of drug-likeness (QED) is 0.870. The van der Waals surface area contributed by atoms with Gasteiger partial charge in [0.25, 0.3) is 0 Å². The van der Waals surface area contributed by atoms with Gasteiger partial charge in [-0.15, -0.1) is 0 Å². The second-order valence-corrected chi connectivity index (χ2v) is 4.53. The van der Waals surface area contributed by atoms with Gasteiger partial charge in [0, 0.05) is 22.8 Å². The fourth-order valence-corrected chi connectivity index (χ4v) is 1.96. The highest BCUT2D eigenvalue weighted by Gasteiger charge is 2.07. The number of anilines is 1. The van der Waals surface area contributed by atoms with Crippen LogP contribution < -0.4 is 5.32 Å². The summed E-state index contributed by atoms with van der Waals surface area (Å²) < 4.78 is 18.2. The minimum absolute atomic E-state index is 0.267. The second-order valence-electron chi connectivity index (χ2n) is 4.12. The largest absolute Gasteiger partial charge is 0.465 e. The van der Waals surface area contributed by atoms with Crippen molar-refractivity contribution in [2.75, 3.05) is 12.4 Å². The Kier molecular flexibility index (Phi) is 4.58. The first-order chi connectivity index (χ1) is 9.61. The van der Waals surface area contributed by atoms with Crippen LogP contribution in [0.5, 0.6) is 0 Å². The van der Waals surface area contributed by atoms with Gasteiger partial charge in [0.2, 0.25) is 0 Å². The predicted molar refractivity (Wildman–Crippen MR) is 76.5 cm³/mol. The summed E-state index contributed by atoms with van der Waals surface area (Å²) in [5.74, 6) is -0.745. The molecule has 0 saturated carbocycles. The first kappa shape index (κ1) is 14.3. The number of hydrogen-bond acceptors (Lipinski definition) is 3. The molecule has 0 atom stereocenters. The normalized spacial score (nSPS) is 10.2. The van der Waals surface area contributed by atoms with E-state index in [1.807, 2.05) is 0 Å². The Labute approximate surface area is 121 Å². The molecular weight excluding hydrogens is 281 g/mol. The van der Waals surface area contributed by atoms with E-state index >= 15 is 0 Å². The van der Waals surface area contributed by atoms with E-state index in [0.29, 0.717) is 16.1 Å². The zero-order valence-electron chi connectivity index (χ0n) is 10.8. The SMILES string of the molecule is COC(=O)c1ccc(NCc2c(F)cccc2Cl)cc1. The molecular formula is C15H13ClFNO2. The standard InChI is InChI=1S/C15H13ClFNO2/c1-20-15(19)10-5-7-11(8-6-10)18-9-12-13(16)3-2-4-14(12)17/h2-8,18H,9H2,1H3. The molecule has 0 fully saturated rings. The van der Waals surface area contributed by atoms with Gasteiger partial charge in [0.15, 0.2) is 0 Å². The molecule has 0 aliphatic heterocycles. The first-order valence-electron chi connectivity index (χ1n) is 5.97. The number of carbonyl (C=O) groups excluding carboxylic acids is 1. The van der Waals surface area contributed by atoms with Crippen LogP contribution in [0.15, 0.2) is 42.5 Å². The van der Waals surface area contributed by atoms with Crippen LogP contribution >= 0.6 is 11.6 Å². The minimum Gasteiger partial charge on any atom is -0.465 e. The molecule has 0 spiro atoms. The molecule has 1 N–H and O–H groups in total. The van der Waals surface area contributed by atoms with Gasteiger partial charge in [-0.3, -0.25) is 0 Å². The van der Waals surface area contributed by atoms with Gasteiger partial charge in [-0.1, -0.05) is 17.7 Å². The third kappa shape index (κ3) is 3.27. The first-order valence-corrected chi connectivity index (χ1v) is 6.34. The highest BCUT2D eigenvalue weighted by atomic mass is 35.5. The number of methoxy groups -OCH3 is 1. The highest BCUT2D eigenvalue weighted by molar-refractivity contribution is 6.31. The summed E-state index contributed by atoms with van der Waals surface area (Å²) in [5.41, 5.74) is 1.63. The predicted octanol–water partition coefficient (Wildman–Crippen LogP) is 3.88. The van der Waals surface area contributed by atoms with Crippen molar-refractivity contribution in [2.24, 2.45) is 0 Å². The maximum Gasteiger partial charge on any atom is 0.337 e. The maximum absolute atomic E-state index is 13.6. The van der Waals surface area contributed by atoms with Crippen molar-refractivity contribution in [3.63, 3.8) is 0 Å². The molecule has 0 unspecified atom stereocenters. The molecule has 20 heavy (non-hydrogen) atoms. The zero-order chi connectivity index (χ0) is 14.5.